The summed E-state index contributed by atoms with van der Waals surface area (Å²) in [6, 6.07) is 19.2. The van der Waals surface area contributed by atoms with Gasteiger partial charge in [-0.3, -0.25) is 4.90 Å². The average molecular weight is 403 g/mol. The minimum absolute atomic E-state index is 0.223. The van der Waals surface area contributed by atoms with Crippen LogP contribution in [0.2, 0.25) is 0 Å². The Bertz CT molecular complexity index is 773. The molecule has 0 aliphatic heterocycles. The number of alkyl halides is 3. The van der Waals surface area contributed by atoms with Crippen LogP contribution in [0.1, 0.15) is 49.8 Å². The zero-order valence-electron chi connectivity index (χ0n) is 17.2. The van der Waals surface area contributed by atoms with Gasteiger partial charge in [-0.15, -0.1) is 0 Å². The highest BCUT2D eigenvalue weighted by Gasteiger charge is 2.64. The first-order chi connectivity index (χ1) is 13.9. The summed E-state index contributed by atoms with van der Waals surface area (Å²) in [5.74, 6) is 0. The van der Waals surface area contributed by atoms with Crippen molar-refractivity contribution < 1.29 is 13.2 Å². The van der Waals surface area contributed by atoms with E-state index in [1.807, 2.05) is 18.2 Å². The van der Waals surface area contributed by atoms with E-state index in [0.29, 0.717) is 5.56 Å². The molecule has 2 aromatic carbocycles. The zero-order valence-corrected chi connectivity index (χ0v) is 17.2. The van der Waals surface area contributed by atoms with E-state index in [1.54, 1.807) is 18.2 Å². The summed E-state index contributed by atoms with van der Waals surface area (Å²) >= 11 is 0. The summed E-state index contributed by atoms with van der Waals surface area (Å²) in [6.07, 6.45) is -1.79. The summed E-state index contributed by atoms with van der Waals surface area (Å²) < 4.78 is 39.6. The van der Waals surface area contributed by atoms with Gasteiger partial charge in [0, 0.05) is 13.5 Å². The summed E-state index contributed by atoms with van der Waals surface area (Å²) in [7, 11) is 0. The van der Waals surface area contributed by atoms with Gasteiger partial charge in [0.05, 0.1) is 11.5 Å². The molecule has 0 heterocycles. The van der Waals surface area contributed by atoms with Crippen LogP contribution < -0.4 is 0 Å². The standard InChI is InChI=1S/C22H26F3N.C2H3N/c1-2-26(17-19-7-4-3-5-8-19)16-6-9-18-10-12-20(13-11-18)21(14-15-21)22(23,24)25;1-2-3/h3-5,7-8,10-13H,2,6,9,14-17H2,1H3;1H3. The van der Waals surface area contributed by atoms with Gasteiger partial charge in [0.25, 0.3) is 0 Å². The van der Waals surface area contributed by atoms with Crippen LogP contribution in [0, 0.1) is 11.3 Å². The first-order valence-corrected chi connectivity index (χ1v) is 10.1. The molecule has 2 aromatic rings. The average Bonchev–Trinajstić information content (AvgIpc) is 3.51. The molecule has 0 N–H and O–H groups in total. The molecule has 1 saturated carbocycles. The molecule has 3 rings (SSSR count). The molecule has 0 aromatic heterocycles. The third-order valence-corrected chi connectivity index (χ3v) is 5.44. The van der Waals surface area contributed by atoms with E-state index >= 15 is 0 Å². The number of halogens is 3. The molecule has 0 amide bonds. The van der Waals surface area contributed by atoms with E-state index in [0.717, 1.165) is 38.0 Å². The highest BCUT2D eigenvalue weighted by atomic mass is 19.4. The van der Waals surface area contributed by atoms with E-state index < -0.39 is 11.6 Å². The Morgan fingerprint density at radius 2 is 1.59 bits per heavy atom. The maximum Gasteiger partial charge on any atom is 0.398 e. The number of benzene rings is 2. The number of hydrogen-bond acceptors (Lipinski definition) is 2. The number of hydrogen-bond donors (Lipinski definition) is 0. The zero-order chi connectivity index (χ0) is 21.3. The van der Waals surface area contributed by atoms with Crippen molar-refractivity contribution in [1.82, 2.24) is 4.90 Å². The Morgan fingerprint density at radius 1 is 1.00 bits per heavy atom. The maximum atomic E-state index is 13.2. The van der Waals surface area contributed by atoms with Crippen LogP contribution in [0.15, 0.2) is 54.6 Å². The SMILES string of the molecule is CC#N.CCN(CCCc1ccc(C2(C(F)(F)F)CC2)cc1)Cc1ccccc1. The number of aryl methyl sites for hydroxylation is 1. The molecule has 1 aliphatic carbocycles. The highest BCUT2D eigenvalue weighted by molar-refractivity contribution is 5.35. The second-order valence-corrected chi connectivity index (χ2v) is 7.46. The molecule has 156 valence electrons. The predicted octanol–water partition coefficient (Wildman–Crippen LogP) is 6.27. The molecule has 5 heteroatoms. The van der Waals surface area contributed by atoms with Gasteiger partial charge in [-0.25, -0.2) is 0 Å². The lowest BCUT2D eigenvalue weighted by Crippen LogP contribution is -2.28. The Labute approximate surface area is 172 Å². The minimum Gasteiger partial charge on any atom is -0.299 e. The number of nitriles is 1. The van der Waals surface area contributed by atoms with Gasteiger partial charge in [-0.2, -0.15) is 18.4 Å². The Kier molecular flexibility index (Phi) is 8.28. The molecule has 0 saturated heterocycles. The van der Waals surface area contributed by atoms with Crippen molar-refractivity contribution in [3.63, 3.8) is 0 Å². The normalized spacial score (nSPS) is 14.7. The van der Waals surface area contributed by atoms with Crippen LogP contribution in [0.25, 0.3) is 0 Å². The first-order valence-electron chi connectivity index (χ1n) is 10.1. The van der Waals surface area contributed by atoms with Crippen molar-refractivity contribution in [1.29, 1.82) is 5.26 Å². The van der Waals surface area contributed by atoms with Crippen molar-refractivity contribution >= 4 is 0 Å². The Hall–Kier alpha value is -2.32. The van der Waals surface area contributed by atoms with Gasteiger partial charge < -0.3 is 0 Å². The van der Waals surface area contributed by atoms with Crippen molar-refractivity contribution in [2.24, 2.45) is 0 Å². The van der Waals surface area contributed by atoms with Gasteiger partial charge in [0.2, 0.25) is 0 Å². The highest BCUT2D eigenvalue weighted by Crippen LogP contribution is 2.58. The van der Waals surface area contributed by atoms with E-state index in [-0.39, 0.29) is 12.8 Å². The molecule has 1 aliphatic rings. The predicted molar refractivity (Wildman–Crippen MR) is 110 cm³/mol. The lowest BCUT2D eigenvalue weighted by atomic mass is 9.94. The van der Waals surface area contributed by atoms with Crippen LogP contribution in [-0.4, -0.2) is 24.2 Å². The van der Waals surface area contributed by atoms with E-state index in [1.165, 1.54) is 12.5 Å². The lowest BCUT2D eigenvalue weighted by Gasteiger charge is -2.21. The smallest absolute Gasteiger partial charge is 0.299 e. The Balaban J connectivity index is 0.000000941. The van der Waals surface area contributed by atoms with Crippen molar-refractivity contribution in [3.8, 4) is 6.07 Å². The molecule has 0 radical (unpaired) electrons. The number of nitrogens with zero attached hydrogens (tertiary/aromatic N) is 2. The molecular formula is C24H29F3N2. The topological polar surface area (TPSA) is 27.0 Å². The Morgan fingerprint density at radius 3 is 2.07 bits per heavy atom. The first kappa shape index (κ1) is 23.0. The van der Waals surface area contributed by atoms with E-state index in [4.69, 9.17) is 5.26 Å². The molecule has 0 unspecified atom stereocenters. The van der Waals surface area contributed by atoms with E-state index in [2.05, 4.69) is 36.1 Å². The molecule has 0 bridgehead atoms. The van der Waals surface area contributed by atoms with Crippen molar-refractivity contribution in [2.75, 3.05) is 13.1 Å². The molecular weight excluding hydrogens is 373 g/mol. The van der Waals surface area contributed by atoms with E-state index in [9.17, 15) is 13.2 Å². The van der Waals surface area contributed by atoms with Crippen LogP contribution in [0.5, 0.6) is 0 Å². The van der Waals surface area contributed by atoms with Crippen molar-refractivity contribution in [2.45, 2.75) is 57.7 Å². The quantitative estimate of drug-likeness (QED) is 0.521. The largest absolute Gasteiger partial charge is 0.398 e. The van der Waals surface area contributed by atoms with Gasteiger partial charge in [0.15, 0.2) is 0 Å². The van der Waals surface area contributed by atoms with Crippen LogP contribution >= 0.6 is 0 Å². The molecule has 29 heavy (non-hydrogen) atoms. The molecule has 2 nitrogen and oxygen atoms in total. The van der Waals surface area contributed by atoms with Gasteiger partial charge in [-0.05, 0) is 55.5 Å². The van der Waals surface area contributed by atoms with Gasteiger partial charge >= 0.3 is 6.18 Å². The number of rotatable bonds is 8. The fourth-order valence-corrected chi connectivity index (χ4v) is 3.55. The summed E-state index contributed by atoms with van der Waals surface area (Å²) in [5.41, 5.74) is 1.27. The van der Waals surface area contributed by atoms with Crippen LogP contribution in [0.3, 0.4) is 0 Å². The lowest BCUT2D eigenvalue weighted by molar-refractivity contribution is -0.160. The minimum atomic E-state index is -4.13. The molecule has 1 fully saturated rings. The summed E-state index contributed by atoms with van der Waals surface area (Å²) in [6.45, 7) is 6.50. The fourth-order valence-electron chi connectivity index (χ4n) is 3.55. The fraction of sp³-hybridized carbons (Fsp3) is 0.458. The van der Waals surface area contributed by atoms with Crippen LogP contribution in [-0.2, 0) is 18.4 Å². The second-order valence-electron chi connectivity index (χ2n) is 7.46. The van der Waals surface area contributed by atoms with Crippen LogP contribution in [0.4, 0.5) is 13.2 Å². The third-order valence-electron chi connectivity index (χ3n) is 5.44. The summed E-state index contributed by atoms with van der Waals surface area (Å²) in [5, 5.41) is 7.32. The third kappa shape index (κ3) is 6.33. The molecule has 0 spiro atoms. The van der Waals surface area contributed by atoms with Gasteiger partial charge in [0.1, 0.15) is 0 Å². The summed E-state index contributed by atoms with van der Waals surface area (Å²) in [4.78, 5) is 2.40. The maximum absolute atomic E-state index is 13.2. The molecule has 0 atom stereocenters. The monoisotopic (exact) mass is 402 g/mol. The van der Waals surface area contributed by atoms with Crippen molar-refractivity contribution in [3.05, 3.63) is 71.3 Å². The van der Waals surface area contributed by atoms with Gasteiger partial charge in [-0.1, -0.05) is 61.5 Å². The second kappa shape index (κ2) is 10.5.